The number of benzene rings is 2. The van der Waals surface area contributed by atoms with Crippen molar-refractivity contribution in [3.8, 4) is 0 Å². The average molecular weight is 580 g/mol. The van der Waals surface area contributed by atoms with Gasteiger partial charge in [-0.3, -0.25) is 9.69 Å². The molecule has 1 amide bonds. The van der Waals surface area contributed by atoms with Gasteiger partial charge in [0, 0.05) is 40.8 Å². The molecule has 0 saturated carbocycles. The number of aromatic nitrogens is 1. The fraction of sp³-hybridized carbons (Fsp3) is 0.433. The molecule has 7 nitrogen and oxygen atoms in total. The summed E-state index contributed by atoms with van der Waals surface area (Å²) in [6, 6.07) is 17.4. The number of hydrogen-bond acceptors (Lipinski definition) is 5. The van der Waals surface area contributed by atoms with Gasteiger partial charge >= 0.3 is 0 Å². The summed E-state index contributed by atoms with van der Waals surface area (Å²) in [6.45, 7) is 7.18. The van der Waals surface area contributed by atoms with Crippen molar-refractivity contribution in [1.29, 1.82) is 0 Å². The summed E-state index contributed by atoms with van der Waals surface area (Å²) in [5, 5.41) is 17.6. The van der Waals surface area contributed by atoms with Gasteiger partial charge in [-0.05, 0) is 70.3 Å². The van der Waals surface area contributed by atoms with E-state index in [9.17, 15) is 10.0 Å². The van der Waals surface area contributed by atoms with Gasteiger partial charge in [0.2, 0.25) is 5.52 Å². The molecule has 5 rings (SSSR count). The first-order valence-corrected chi connectivity index (χ1v) is 14.3. The molecule has 0 aliphatic carbocycles. The van der Waals surface area contributed by atoms with Gasteiger partial charge in [-0.1, -0.05) is 45.7 Å². The van der Waals surface area contributed by atoms with E-state index in [1.165, 1.54) is 6.20 Å². The van der Waals surface area contributed by atoms with Gasteiger partial charge in [-0.25, -0.2) is 0 Å². The number of rotatable bonds is 6. The minimum atomic E-state index is -0.0546. The van der Waals surface area contributed by atoms with Crippen LogP contribution in [0.3, 0.4) is 0 Å². The Bertz CT molecular complexity index is 1320. The van der Waals surface area contributed by atoms with Crippen molar-refractivity contribution < 1.29 is 14.4 Å². The van der Waals surface area contributed by atoms with Crippen LogP contribution in [0.4, 0.5) is 0 Å². The summed E-state index contributed by atoms with van der Waals surface area (Å²) in [7, 11) is 0. The van der Waals surface area contributed by atoms with E-state index in [0.717, 1.165) is 59.1 Å². The summed E-state index contributed by atoms with van der Waals surface area (Å²) in [5.74, 6) is -0.00694. The second kappa shape index (κ2) is 11.4. The standard InChI is InChI=1S/C30H35BrN4O3/c1-3-38-32-28(22-12-14-23(31)15-13-22)27-10-4-5-18-34(27)30(2)16-20-33(21-17-30)29(36)25-8-6-11-26-24(25)9-7-19-35(26)37/h6-9,11-15,19,27H,3-5,10,16-18,20-21H2,1-2H3/b32-28-. The molecule has 1 unspecified atom stereocenters. The molecule has 1 atom stereocenters. The fourth-order valence-corrected chi connectivity index (χ4v) is 6.24. The van der Waals surface area contributed by atoms with Gasteiger partial charge in [-0.15, -0.1) is 0 Å². The van der Waals surface area contributed by atoms with Crippen molar-refractivity contribution in [2.45, 2.75) is 57.5 Å². The molecule has 2 saturated heterocycles. The van der Waals surface area contributed by atoms with Crippen LogP contribution in [0, 0.1) is 5.21 Å². The van der Waals surface area contributed by atoms with Gasteiger partial charge < -0.3 is 14.9 Å². The number of halogens is 1. The summed E-state index contributed by atoms with van der Waals surface area (Å²) in [5.41, 5.74) is 3.13. The molecule has 0 radical (unpaired) electrons. The van der Waals surface area contributed by atoms with E-state index < -0.39 is 0 Å². The maximum atomic E-state index is 13.6. The predicted octanol–water partition coefficient (Wildman–Crippen LogP) is 5.53. The molecule has 0 N–H and O–H groups in total. The monoisotopic (exact) mass is 578 g/mol. The zero-order chi connectivity index (χ0) is 26.7. The number of oxime groups is 1. The summed E-state index contributed by atoms with van der Waals surface area (Å²) >= 11 is 3.55. The second-order valence-corrected chi connectivity index (χ2v) is 11.4. The average Bonchev–Trinajstić information content (AvgIpc) is 2.94. The minimum absolute atomic E-state index is 0.00694. The molecular formula is C30H35BrN4O3. The van der Waals surface area contributed by atoms with Crippen LogP contribution in [0.15, 0.2) is 70.4 Å². The number of carbonyl (C=O) groups is 1. The van der Waals surface area contributed by atoms with Gasteiger partial charge in [-0.2, -0.15) is 4.73 Å². The zero-order valence-corrected chi connectivity index (χ0v) is 23.7. The van der Waals surface area contributed by atoms with E-state index in [0.29, 0.717) is 36.2 Å². The smallest absolute Gasteiger partial charge is 0.254 e. The van der Waals surface area contributed by atoms with Gasteiger partial charge in [0.1, 0.15) is 12.3 Å². The summed E-state index contributed by atoms with van der Waals surface area (Å²) in [6.07, 6.45) is 6.57. The van der Waals surface area contributed by atoms with E-state index in [1.54, 1.807) is 18.2 Å². The number of carbonyl (C=O) groups excluding carboxylic acids is 1. The Morgan fingerprint density at radius 1 is 1.11 bits per heavy atom. The lowest BCUT2D eigenvalue weighted by molar-refractivity contribution is -0.577. The molecule has 8 heteroatoms. The Morgan fingerprint density at radius 3 is 2.61 bits per heavy atom. The van der Waals surface area contributed by atoms with E-state index in [4.69, 9.17) is 4.84 Å². The molecule has 3 heterocycles. The summed E-state index contributed by atoms with van der Waals surface area (Å²) in [4.78, 5) is 23.8. The third kappa shape index (κ3) is 5.29. The van der Waals surface area contributed by atoms with Crippen molar-refractivity contribution in [3.05, 3.63) is 81.6 Å². The first kappa shape index (κ1) is 26.6. The second-order valence-electron chi connectivity index (χ2n) is 10.5. The first-order chi connectivity index (χ1) is 18.4. The van der Waals surface area contributed by atoms with Crippen LogP contribution >= 0.6 is 15.9 Å². The quantitative estimate of drug-likeness (QED) is 0.167. The number of nitrogens with zero attached hydrogens (tertiary/aromatic N) is 4. The van der Waals surface area contributed by atoms with Crippen LogP contribution in [0.25, 0.3) is 10.9 Å². The van der Waals surface area contributed by atoms with E-state index in [1.807, 2.05) is 24.0 Å². The van der Waals surface area contributed by atoms with Crippen LogP contribution in [0.5, 0.6) is 0 Å². The summed E-state index contributed by atoms with van der Waals surface area (Å²) < 4.78 is 1.86. The highest BCUT2D eigenvalue weighted by Gasteiger charge is 2.43. The molecule has 38 heavy (non-hydrogen) atoms. The van der Waals surface area contributed by atoms with Crippen molar-refractivity contribution in [2.24, 2.45) is 5.16 Å². The van der Waals surface area contributed by atoms with Crippen LogP contribution in [-0.2, 0) is 4.84 Å². The lowest BCUT2D eigenvalue weighted by Gasteiger charge is -2.51. The molecule has 200 valence electrons. The third-order valence-electron chi connectivity index (χ3n) is 8.11. The number of fused-ring (bicyclic) bond motifs is 1. The number of likely N-dealkylation sites (tertiary alicyclic amines) is 2. The van der Waals surface area contributed by atoms with E-state index in [2.05, 4.69) is 57.2 Å². The molecule has 2 aliphatic heterocycles. The van der Waals surface area contributed by atoms with Crippen molar-refractivity contribution in [2.75, 3.05) is 26.2 Å². The SMILES string of the molecule is CCO/N=C(/c1ccc(Br)cc1)C1CCCCN1C1(C)CCN(C(=O)c2cccc3c2ccc[n+]3[O-])CC1. The van der Waals surface area contributed by atoms with Crippen molar-refractivity contribution in [3.63, 3.8) is 0 Å². The predicted molar refractivity (Wildman–Crippen MR) is 153 cm³/mol. The Hall–Kier alpha value is -2.97. The molecule has 2 aliphatic rings. The Morgan fingerprint density at radius 2 is 1.87 bits per heavy atom. The maximum absolute atomic E-state index is 13.6. The molecule has 0 spiro atoms. The molecule has 1 aromatic heterocycles. The largest absolute Gasteiger partial charge is 0.618 e. The highest BCUT2D eigenvalue weighted by atomic mass is 79.9. The molecule has 2 fully saturated rings. The normalized spacial score (nSPS) is 20.4. The number of hydrogen-bond donors (Lipinski definition) is 0. The van der Waals surface area contributed by atoms with Gasteiger partial charge in [0.15, 0.2) is 6.20 Å². The topological polar surface area (TPSA) is 72.1 Å². The van der Waals surface area contributed by atoms with Gasteiger partial charge in [0.25, 0.3) is 5.91 Å². The molecule has 2 aromatic carbocycles. The number of amides is 1. The van der Waals surface area contributed by atoms with Crippen LogP contribution in [0.1, 0.15) is 61.9 Å². The number of piperidine rings is 2. The molecular weight excluding hydrogens is 544 g/mol. The Kier molecular flexibility index (Phi) is 8.00. The van der Waals surface area contributed by atoms with Gasteiger partial charge in [0.05, 0.1) is 17.0 Å². The van der Waals surface area contributed by atoms with Crippen LogP contribution < -0.4 is 4.73 Å². The van der Waals surface area contributed by atoms with Crippen molar-refractivity contribution >= 4 is 38.5 Å². The van der Waals surface area contributed by atoms with Crippen molar-refractivity contribution in [1.82, 2.24) is 9.80 Å². The lowest BCUT2D eigenvalue weighted by atomic mass is 9.82. The molecule has 3 aromatic rings. The van der Waals surface area contributed by atoms with E-state index >= 15 is 0 Å². The highest BCUT2D eigenvalue weighted by Crippen LogP contribution is 2.36. The number of pyridine rings is 1. The highest BCUT2D eigenvalue weighted by molar-refractivity contribution is 9.10. The fourth-order valence-electron chi connectivity index (χ4n) is 5.98. The van der Waals surface area contributed by atoms with E-state index in [-0.39, 0.29) is 17.5 Å². The minimum Gasteiger partial charge on any atom is -0.618 e. The molecule has 0 bridgehead atoms. The van der Waals surface area contributed by atoms with Crippen LogP contribution in [0.2, 0.25) is 0 Å². The lowest BCUT2D eigenvalue weighted by Crippen LogP contribution is -2.60. The van der Waals surface area contributed by atoms with Crippen LogP contribution in [-0.4, -0.2) is 59.2 Å². The maximum Gasteiger partial charge on any atom is 0.254 e. The third-order valence-corrected chi connectivity index (χ3v) is 8.64. The Balaban J connectivity index is 1.36. The zero-order valence-electron chi connectivity index (χ0n) is 22.1. The Labute approximate surface area is 232 Å². The first-order valence-electron chi connectivity index (χ1n) is 13.5.